The molecule has 1 atom stereocenters. The van der Waals surface area contributed by atoms with E-state index in [1.165, 1.54) is 0 Å². The molecule has 0 aliphatic carbocycles. The van der Waals surface area contributed by atoms with E-state index in [1.54, 1.807) is 12.1 Å². The smallest absolute Gasteiger partial charge is 0.145 e. The Labute approximate surface area is 86.0 Å². The van der Waals surface area contributed by atoms with E-state index in [1.807, 2.05) is 0 Å². The zero-order chi connectivity index (χ0) is 10.1. The van der Waals surface area contributed by atoms with Crippen LogP contribution in [0.4, 0.5) is 11.4 Å². The molecule has 1 aliphatic rings. The molecule has 2 rings (SSSR count). The Balaban J connectivity index is 2.38. The van der Waals surface area contributed by atoms with Crippen molar-refractivity contribution in [1.82, 2.24) is 0 Å². The number of ether oxygens (including phenoxy) is 1. The zero-order valence-electron chi connectivity index (χ0n) is 7.29. The number of rotatable bonds is 1. The Morgan fingerprint density at radius 3 is 3.14 bits per heavy atom. The molecule has 1 aromatic rings. The van der Waals surface area contributed by atoms with Crippen LogP contribution in [0, 0.1) is 0 Å². The molecule has 0 saturated carbocycles. The summed E-state index contributed by atoms with van der Waals surface area (Å²) in [6.45, 7) is 0.317. The van der Waals surface area contributed by atoms with Gasteiger partial charge in [0.2, 0.25) is 0 Å². The number of fused-ring (bicyclic) bond motifs is 1. The molecule has 5 heteroatoms. The zero-order valence-corrected chi connectivity index (χ0v) is 8.04. The molecule has 1 aromatic carbocycles. The fourth-order valence-electron chi connectivity index (χ4n) is 1.30. The molecule has 1 aliphatic heterocycles. The minimum absolute atomic E-state index is 0.317. The van der Waals surface area contributed by atoms with Crippen LogP contribution in [0.3, 0.4) is 0 Å². The lowest BCUT2D eigenvalue weighted by Crippen LogP contribution is -2.32. The number of carbonyl (C=O) groups excluding carboxylic acids is 1. The standard InChI is InChI=1S/C9H9ClN2O2/c10-6-1-8-9(2-7(6)11)14-4-5(3-13)12-8/h1-3,5,12H,4,11H2. The second-order valence-electron chi connectivity index (χ2n) is 3.07. The molecule has 0 aromatic heterocycles. The van der Waals surface area contributed by atoms with Gasteiger partial charge < -0.3 is 20.6 Å². The maximum Gasteiger partial charge on any atom is 0.145 e. The topological polar surface area (TPSA) is 64.3 Å². The van der Waals surface area contributed by atoms with Crippen LogP contribution in [-0.4, -0.2) is 18.9 Å². The maximum atomic E-state index is 10.5. The predicted octanol–water partition coefficient (Wildman–Crippen LogP) is 1.29. The van der Waals surface area contributed by atoms with Crippen LogP contribution in [0.15, 0.2) is 12.1 Å². The summed E-state index contributed by atoms with van der Waals surface area (Å²) in [7, 11) is 0. The molecular formula is C9H9ClN2O2. The molecule has 3 N–H and O–H groups in total. The lowest BCUT2D eigenvalue weighted by Gasteiger charge is -2.24. The molecule has 0 fully saturated rings. The molecule has 1 heterocycles. The number of halogens is 1. The van der Waals surface area contributed by atoms with Gasteiger partial charge in [0.25, 0.3) is 0 Å². The van der Waals surface area contributed by atoms with Gasteiger partial charge in [0.1, 0.15) is 24.7 Å². The maximum absolute atomic E-state index is 10.5. The second kappa shape index (κ2) is 3.38. The highest BCUT2D eigenvalue weighted by Gasteiger charge is 2.19. The molecule has 0 bridgehead atoms. The van der Waals surface area contributed by atoms with Gasteiger partial charge in [0.15, 0.2) is 0 Å². The van der Waals surface area contributed by atoms with Crippen LogP contribution in [0.25, 0.3) is 0 Å². The van der Waals surface area contributed by atoms with Crippen molar-refractivity contribution >= 4 is 29.3 Å². The number of anilines is 2. The summed E-state index contributed by atoms with van der Waals surface area (Å²) in [5.74, 6) is 0.630. The Morgan fingerprint density at radius 2 is 2.43 bits per heavy atom. The minimum atomic E-state index is -0.317. The number of hydrogen-bond donors (Lipinski definition) is 2. The van der Waals surface area contributed by atoms with Gasteiger partial charge in [0.05, 0.1) is 16.4 Å². The lowest BCUT2D eigenvalue weighted by molar-refractivity contribution is -0.109. The van der Waals surface area contributed by atoms with Crippen LogP contribution < -0.4 is 15.8 Å². The molecule has 0 radical (unpaired) electrons. The number of hydrogen-bond acceptors (Lipinski definition) is 4. The largest absolute Gasteiger partial charge is 0.489 e. The van der Waals surface area contributed by atoms with Gasteiger partial charge in [-0.3, -0.25) is 0 Å². The highest BCUT2D eigenvalue weighted by molar-refractivity contribution is 6.33. The van der Waals surface area contributed by atoms with E-state index in [0.29, 0.717) is 28.8 Å². The normalized spacial score (nSPS) is 19.1. The quantitative estimate of drug-likeness (QED) is 0.544. The van der Waals surface area contributed by atoms with E-state index < -0.39 is 0 Å². The molecule has 74 valence electrons. The molecule has 0 spiro atoms. The van der Waals surface area contributed by atoms with E-state index in [4.69, 9.17) is 22.1 Å². The summed E-state index contributed by atoms with van der Waals surface area (Å²) >= 11 is 5.83. The molecule has 0 saturated heterocycles. The van der Waals surface area contributed by atoms with Crippen LogP contribution in [0.5, 0.6) is 5.75 Å². The van der Waals surface area contributed by atoms with Crippen molar-refractivity contribution in [3.8, 4) is 5.75 Å². The average molecular weight is 213 g/mol. The first-order valence-electron chi connectivity index (χ1n) is 4.14. The van der Waals surface area contributed by atoms with E-state index in [0.717, 1.165) is 6.29 Å². The van der Waals surface area contributed by atoms with Gasteiger partial charge in [-0.1, -0.05) is 11.6 Å². The van der Waals surface area contributed by atoms with Crippen molar-refractivity contribution < 1.29 is 9.53 Å². The van der Waals surface area contributed by atoms with E-state index >= 15 is 0 Å². The summed E-state index contributed by atoms with van der Waals surface area (Å²) in [4.78, 5) is 10.5. The van der Waals surface area contributed by atoms with Gasteiger partial charge in [-0.25, -0.2) is 0 Å². The Bertz CT molecular complexity index is 381. The van der Waals surface area contributed by atoms with Crippen LogP contribution >= 0.6 is 11.6 Å². The molecule has 4 nitrogen and oxygen atoms in total. The summed E-state index contributed by atoms with van der Waals surface area (Å²) in [5.41, 5.74) is 6.77. The first kappa shape index (κ1) is 9.15. The SMILES string of the molecule is Nc1cc2c(cc1Cl)NC(C=O)CO2. The third-order valence-corrected chi connectivity index (χ3v) is 2.35. The van der Waals surface area contributed by atoms with Gasteiger partial charge in [-0.05, 0) is 6.07 Å². The van der Waals surface area contributed by atoms with Crippen molar-refractivity contribution in [2.75, 3.05) is 17.7 Å². The Hall–Kier alpha value is -1.42. The highest BCUT2D eigenvalue weighted by atomic mass is 35.5. The second-order valence-corrected chi connectivity index (χ2v) is 3.47. The summed E-state index contributed by atoms with van der Waals surface area (Å²) in [5, 5.41) is 3.43. The minimum Gasteiger partial charge on any atom is -0.489 e. The number of nitrogens with one attached hydrogen (secondary N) is 1. The first-order valence-corrected chi connectivity index (χ1v) is 4.52. The van der Waals surface area contributed by atoms with Crippen molar-refractivity contribution in [2.24, 2.45) is 0 Å². The van der Waals surface area contributed by atoms with Gasteiger partial charge in [-0.15, -0.1) is 0 Å². The summed E-state index contributed by atoms with van der Waals surface area (Å²) in [6, 6.07) is 2.98. The van der Waals surface area contributed by atoms with Crippen LogP contribution in [-0.2, 0) is 4.79 Å². The predicted molar refractivity (Wildman–Crippen MR) is 54.8 cm³/mol. The number of nitrogens with two attached hydrogens (primary N) is 1. The van der Waals surface area contributed by atoms with Gasteiger partial charge in [-0.2, -0.15) is 0 Å². The van der Waals surface area contributed by atoms with Crippen molar-refractivity contribution in [2.45, 2.75) is 6.04 Å². The third kappa shape index (κ3) is 1.48. The molecular weight excluding hydrogens is 204 g/mol. The van der Waals surface area contributed by atoms with Crippen LogP contribution in [0.2, 0.25) is 5.02 Å². The number of benzene rings is 1. The van der Waals surface area contributed by atoms with Crippen LogP contribution in [0.1, 0.15) is 0 Å². The molecule has 0 amide bonds. The Kier molecular flexibility index (Phi) is 2.21. The fourth-order valence-corrected chi connectivity index (χ4v) is 1.46. The molecule has 14 heavy (non-hydrogen) atoms. The van der Waals surface area contributed by atoms with E-state index in [9.17, 15) is 4.79 Å². The molecule has 1 unspecified atom stereocenters. The average Bonchev–Trinajstić information content (AvgIpc) is 2.19. The number of nitrogen functional groups attached to an aromatic ring is 1. The van der Waals surface area contributed by atoms with Crippen molar-refractivity contribution in [3.05, 3.63) is 17.2 Å². The highest BCUT2D eigenvalue weighted by Crippen LogP contribution is 2.35. The monoisotopic (exact) mass is 212 g/mol. The number of aldehydes is 1. The number of carbonyl (C=O) groups is 1. The van der Waals surface area contributed by atoms with Crippen molar-refractivity contribution in [3.63, 3.8) is 0 Å². The summed E-state index contributed by atoms with van der Waals surface area (Å²) < 4.78 is 5.33. The first-order chi connectivity index (χ1) is 6.70. The van der Waals surface area contributed by atoms with E-state index in [2.05, 4.69) is 5.32 Å². The van der Waals surface area contributed by atoms with Gasteiger partial charge in [0, 0.05) is 6.07 Å². The van der Waals surface area contributed by atoms with E-state index in [-0.39, 0.29) is 6.04 Å². The third-order valence-electron chi connectivity index (χ3n) is 2.02. The summed E-state index contributed by atoms with van der Waals surface area (Å²) in [6.07, 6.45) is 0.799. The Morgan fingerprint density at radius 1 is 1.64 bits per heavy atom. The lowest BCUT2D eigenvalue weighted by atomic mass is 10.2. The fraction of sp³-hybridized carbons (Fsp3) is 0.222. The van der Waals surface area contributed by atoms with Gasteiger partial charge >= 0.3 is 0 Å². The van der Waals surface area contributed by atoms with Crippen molar-refractivity contribution in [1.29, 1.82) is 0 Å².